The highest BCUT2D eigenvalue weighted by molar-refractivity contribution is 5.07. The fourth-order valence-corrected chi connectivity index (χ4v) is 4.20. The third-order valence-corrected chi connectivity index (χ3v) is 5.51. The molecule has 0 spiro atoms. The van der Waals surface area contributed by atoms with Gasteiger partial charge < -0.3 is 10.6 Å². The number of nitrogens with zero attached hydrogens (tertiary/aromatic N) is 2. The Labute approximate surface area is 113 Å². The van der Waals surface area contributed by atoms with E-state index < -0.39 is 0 Å². The van der Waals surface area contributed by atoms with Crippen LogP contribution in [0.15, 0.2) is 0 Å². The summed E-state index contributed by atoms with van der Waals surface area (Å²) in [6.07, 6.45) is 5.25. The molecule has 0 aromatic rings. The van der Waals surface area contributed by atoms with Crippen LogP contribution in [0.4, 0.5) is 0 Å². The molecule has 1 saturated carbocycles. The molecule has 18 heavy (non-hydrogen) atoms. The first-order valence-corrected chi connectivity index (χ1v) is 7.73. The van der Waals surface area contributed by atoms with Crippen molar-refractivity contribution in [3.05, 3.63) is 0 Å². The minimum Gasteiger partial charge on any atom is -0.329 e. The summed E-state index contributed by atoms with van der Waals surface area (Å²) < 4.78 is 0. The highest BCUT2D eigenvalue weighted by atomic mass is 15.3. The van der Waals surface area contributed by atoms with E-state index in [1.165, 1.54) is 58.4 Å². The van der Waals surface area contributed by atoms with Gasteiger partial charge in [-0.15, -0.1) is 0 Å². The Morgan fingerprint density at radius 1 is 1.06 bits per heavy atom. The van der Waals surface area contributed by atoms with Gasteiger partial charge in [-0.25, -0.2) is 0 Å². The van der Waals surface area contributed by atoms with Crippen molar-refractivity contribution in [2.45, 2.75) is 52.0 Å². The summed E-state index contributed by atoms with van der Waals surface area (Å²) in [5.41, 5.74) is 6.87. The van der Waals surface area contributed by atoms with E-state index in [2.05, 4.69) is 30.6 Å². The summed E-state index contributed by atoms with van der Waals surface area (Å²) in [7, 11) is 0. The number of hydrogen-bond acceptors (Lipinski definition) is 3. The van der Waals surface area contributed by atoms with E-state index in [-0.39, 0.29) is 5.54 Å². The van der Waals surface area contributed by atoms with Crippen LogP contribution >= 0.6 is 0 Å². The Morgan fingerprint density at radius 2 is 1.72 bits per heavy atom. The molecule has 0 radical (unpaired) electrons. The average Bonchev–Trinajstić information content (AvgIpc) is 2.66. The fourth-order valence-electron chi connectivity index (χ4n) is 4.20. The predicted molar refractivity (Wildman–Crippen MR) is 77.7 cm³/mol. The lowest BCUT2D eigenvalue weighted by atomic mass is 9.73. The number of hydrogen-bond donors (Lipinski definition) is 1. The molecule has 3 heteroatoms. The van der Waals surface area contributed by atoms with Crippen molar-refractivity contribution in [2.24, 2.45) is 11.1 Å². The van der Waals surface area contributed by atoms with Gasteiger partial charge in [0.1, 0.15) is 0 Å². The molecule has 0 bridgehead atoms. The first-order valence-electron chi connectivity index (χ1n) is 7.73. The summed E-state index contributed by atoms with van der Waals surface area (Å²) in [5.74, 6) is 0. The summed E-state index contributed by atoms with van der Waals surface area (Å²) in [6, 6.07) is 0. The van der Waals surface area contributed by atoms with Crippen LogP contribution in [-0.4, -0.2) is 54.6 Å². The molecular formula is C15H31N3. The second-order valence-corrected chi connectivity index (χ2v) is 6.80. The molecule has 1 saturated heterocycles. The Bertz CT molecular complexity index is 269. The third kappa shape index (κ3) is 2.33. The molecule has 2 N–H and O–H groups in total. The first kappa shape index (κ1) is 14.3. The van der Waals surface area contributed by atoms with E-state index in [1.807, 2.05) is 0 Å². The van der Waals surface area contributed by atoms with Gasteiger partial charge in [-0.1, -0.05) is 27.2 Å². The minimum absolute atomic E-state index is 0.269. The Morgan fingerprint density at radius 3 is 2.17 bits per heavy atom. The maximum atomic E-state index is 6.21. The second-order valence-electron chi connectivity index (χ2n) is 6.80. The molecule has 2 aliphatic rings. The van der Waals surface area contributed by atoms with Gasteiger partial charge in [0.05, 0.1) is 0 Å². The predicted octanol–water partition coefficient (Wildman–Crippen LogP) is 1.92. The van der Waals surface area contributed by atoms with E-state index in [9.17, 15) is 0 Å². The summed E-state index contributed by atoms with van der Waals surface area (Å²) >= 11 is 0. The molecule has 106 valence electrons. The van der Waals surface area contributed by atoms with E-state index in [0.717, 1.165) is 6.54 Å². The first-order chi connectivity index (χ1) is 8.55. The van der Waals surface area contributed by atoms with Crippen molar-refractivity contribution in [3.63, 3.8) is 0 Å². The maximum Gasteiger partial charge on any atom is 0.0383 e. The average molecular weight is 253 g/mol. The van der Waals surface area contributed by atoms with Crippen molar-refractivity contribution in [3.8, 4) is 0 Å². The standard InChI is InChI=1S/C15H31N3/c1-4-8-17-9-11-18(12-10-17)15(13-16)7-5-6-14(15,2)3/h4-13,16H2,1-3H3. The third-order valence-electron chi connectivity index (χ3n) is 5.51. The smallest absolute Gasteiger partial charge is 0.0383 e. The largest absolute Gasteiger partial charge is 0.329 e. The maximum absolute atomic E-state index is 6.21. The van der Waals surface area contributed by atoms with Gasteiger partial charge >= 0.3 is 0 Å². The molecule has 1 unspecified atom stereocenters. The van der Waals surface area contributed by atoms with Crippen LogP contribution in [0, 0.1) is 5.41 Å². The molecule has 3 nitrogen and oxygen atoms in total. The van der Waals surface area contributed by atoms with Gasteiger partial charge in [0.25, 0.3) is 0 Å². The van der Waals surface area contributed by atoms with Crippen LogP contribution < -0.4 is 5.73 Å². The van der Waals surface area contributed by atoms with Crippen molar-refractivity contribution in [1.29, 1.82) is 0 Å². The van der Waals surface area contributed by atoms with Crippen LogP contribution in [-0.2, 0) is 0 Å². The van der Waals surface area contributed by atoms with E-state index in [0.29, 0.717) is 5.41 Å². The number of nitrogens with two attached hydrogens (primary N) is 1. The van der Waals surface area contributed by atoms with Crippen LogP contribution in [0.2, 0.25) is 0 Å². The molecule has 1 aliphatic heterocycles. The van der Waals surface area contributed by atoms with Gasteiger partial charge in [-0.2, -0.15) is 0 Å². The van der Waals surface area contributed by atoms with Gasteiger partial charge in [0, 0.05) is 38.3 Å². The lowest BCUT2D eigenvalue weighted by Crippen LogP contribution is -2.64. The summed E-state index contributed by atoms with van der Waals surface area (Å²) in [4.78, 5) is 5.31. The number of rotatable bonds is 4. The molecule has 1 heterocycles. The van der Waals surface area contributed by atoms with Crippen molar-refractivity contribution in [1.82, 2.24) is 9.80 Å². The molecule has 2 rings (SSSR count). The Kier molecular flexibility index (Phi) is 4.35. The Balaban J connectivity index is 2.03. The number of piperazine rings is 1. The zero-order valence-corrected chi connectivity index (χ0v) is 12.5. The second kappa shape index (κ2) is 5.48. The van der Waals surface area contributed by atoms with Gasteiger partial charge in [0.2, 0.25) is 0 Å². The fraction of sp³-hybridized carbons (Fsp3) is 1.00. The lowest BCUT2D eigenvalue weighted by Gasteiger charge is -2.52. The van der Waals surface area contributed by atoms with E-state index >= 15 is 0 Å². The summed E-state index contributed by atoms with van der Waals surface area (Å²) in [6.45, 7) is 14.1. The summed E-state index contributed by atoms with van der Waals surface area (Å²) in [5, 5.41) is 0. The van der Waals surface area contributed by atoms with Crippen LogP contribution in [0.25, 0.3) is 0 Å². The Hall–Kier alpha value is -0.120. The van der Waals surface area contributed by atoms with Crippen molar-refractivity contribution in [2.75, 3.05) is 39.3 Å². The minimum atomic E-state index is 0.269. The zero-order chi connectivity index (χ0) is 13.2. The van der Waals surface area contributed by atoms with Gasteiger partial charge in [-0.3, -0.25) is 4.90 Å². The van der Waals surface area contributed by atoms with Crippen LogP contribution in [0.3, 0.4) is 0 Å². The van der Waals surface area contributed by atoms with Crippen LogP contribution in [0.1, 0.15) is 46.5 Å². The zero-order valence-electron chi connectivity index (χ0n) is 12.5. The van der Waals surface area contributed by atoms with E-state index in [4.69, 9.17) is 5.73 Å². The molecule has 2 fully saturated rings. The molecule has 1 aliphatic carbocycles. The quantitative estimate of drug-likeness (QED) is 0.831. The van der Waals surface area contributed by atoms with Crippen LogP contribution in [0.5, 0.6) is 0 Å². The highest BCUT2D eigenvalue weighted by Gasteiger charge is 2.51. The molecular weight excluding hydrogens is 222 g/mol. The topological polar surface area (TPSA) is 32.5 Å². The SMILES string of the molecule is CCCN1CCN(C2(CN)CCCC2(C)C)CC1. The lowest BCUT2D eigenvalue weighted by molar-refractivity contribution is -0.0197. The molecule has 1 atom stereocenters. The highest BCUT2D eigenvalue weighted by Crippen LogP contribution is 2.49. The molecule has 0 aromatic heterocycles. The van der Waals surface area contributed by atoms with Gasteiger partial charge in [0.15, 0.2) is 0 Å². The monoisotopic (exact) mass is 253 g/mol. The molecule has 0 aromatic carbocycles. The normalized spacial score (nSPS) is 34.0. The van der Waals surface area contributed by atoms with Crippen molar-refractivity contribution < 1.29 is 0 Å². The van der Waals surface area contributed by atoms with Crippen molar-refractivity contribution >= 4 is 0 Å². The van der Waals surface area contributed by atoms with E-state index in [1.54, 1.807) is 0 Å². The molecule has 0 amide bonds. The van der Waals surface area contributed by atoms with Gasteiger partial charge in [-0.05, 0) is 31.2 Å².